The first-order valence-corrected chi connectivity index (χ1v) is 6.98. The monoisotopic (exact) mass is 285 g/mol. The van der Waals surface area contributed by atoms with Crippen molar-refractivity contribution in [2.45, 2.75) is 10.8 Å². The zero-order chi connectivity index (χ0) is 12.8. The van der Waals surface area contributed by atoms with Crippen LogP contribution in [0.25, 0.3) is 0 Å². The second-order valence-electron chi connectivity index (χ2n) is 3.31. The van der Waals surface area contributed by atoms with E-state index in [4.69, 9.17) is 9.52 Å². The van der Waals surface area contributed by atoms with Crippen LogP contribution in [0, 0.1) is 0 Å². The number of carbonyl (C=O) groups is 1. The number of furan rings is 1. The second-order valence-corrected chi connectivity index (χ2v) is 5.51. The lowest BCUT2D eigenvalue weighted by atomic mass is 10.3. The average molecular weight is 285 g/mol. The van der Waals surface area contributed by atoms with Gasteiger partial charge in [0.1, 0.15) is 5.76 Å². The third kappa shape index (κ3) is 4.04. The second kappa shape index (κ2) is 6.41. The summed E-state index contributed by atoms with van der Waals surface area (Å²) >= 11 is 2.52. The topological polar surface area (TPSA) is 88.2 Å². The Morgan fingerprint density at radius 1 is 1.56 bits per heavy atom. The number of nitrogens with one attached hydrogen (secondary N) is 1. The van der Waals surface area contributed by atoms with Gasteiger partial charge >= 0.3 is 5.97 Å². The van der Waals surface area contributed by atoms with Crippen LogP contribution in [0.3, 0.4) is 0 Å². The molecule has 2 heterocycles. The summed E-state index contributed by atoms with van der Waals surface area (Å²) in [7, 11) is 0. The van der Waals surface area contributed by atoms with E-state index in [1.54, 1.807) is 6.26 Å². The van der Waals surface area contributed by atoms with Crippen molar-refractivity contribution in [1.29, 1.82) is 0 Å². The minimum Gasteiger partial charge on any atom is -0.481 e. The number of aliphatic carboxylic acids is 1. The van der Waals surface area contributed by atoms with Crippen LogP contribution in [0.15, 0.2) is 27.2 Å². The zero-order valence-electron chi connectivity index (χ0n) is 9.33. The minimum absolute atomic E-state index is 0.00102. The van der Waals surface area contributed by atoms with Crippen LogP contribution in [0.5, 0.6) is 0 Å². The molecule has 6 nitrogen and oxygen atoms in total. The number of hydrogen-bond donors (Lipinski definition) is 2. The van der Waals surface area contributed by atoms with Gasteiger partial charge in [0.05, 0.1) is 12.0 Å². The third-order valence-electron chi connectivity index (χ3n) is 1.95. The summed E-state index contributed by atoms with van der Waals surface area (Å²) in [5, 5.41) is 20.2. The van der Waals surface area contributed by atoms with Gasteiger partial charge in [-0.2, -0.15) is 0 Å². The van der Waals surface area contributed by atoms with Crippen LogP contribution in [0.4, 0.5) is 5.13 Å². The van der Waals surface area contributed by atoms with Gasteiger partial charge in [-0.05, 0) is 12.1 Å². The van der Waals surface area contributed by atoms with E-state index in [2.05, 4.69) is 15.5 Å². The van der Waals surface area contributed by atoms with Gasteiger partial charge in [0, 0.05) is 13.0 Å². The molecular weight excluding hydrogens is 274 g/mol. The van der Waals surface area contributed by atoms with E-state index < -0.39 is 5.97 Å². The van der Waals surface area contributed by atoms with Crippen molar-refractivity contribution in [3.05, 3.63) is 24.2 Å². The molecule has 0 fully saturated rings. The normalized spacial score (nSPS) is 10.4. The minimum atomic E-state index is -0.859. The van der Waals surface area contributed by atoms with Crippen LogP contribution >= 0.6 is 23.1 Å². The largest absolute Gasteiger partial charge is 0.481 e. The molecule has 0 aliphatic carbocycles. The van der Waals surface area contributed by atoms with Crippen molar-refractivity contribution < 1.29 is 14.3 Å². The van der Waals surface area contributed by atoms with E-state index in [9.17, 15) is 4.79 Å². The average Bonchev–Trinajstić information content (AvgIpc) is 2.97. The molecule has 0 aliphatic heterocycles. The summed E-state index contributed by atoms with van der Waals surface area (Å²) < 4.78 is 5.85. The number of carboxylic acid groups (broad SMARTS) is 1. The van der Waals surface area contributed by atoms with E-state index in [-0.39, 0.29) is 5.75 Å². The van der Waals surface area contributed by atoms with Gasteiger partial charge < -0.3 is 14.8 Å². The van der Waals surface area contributed by atoms with Gasteiger partial charge in [0.15, 0.2) is 4.34 Å². The molecule has 0 radical (unpaired) electrons. The first-order valence-electron chi connectivity index (χ1n) is 5.18. The summed E-state index contributed by atoms with van der Waals surface area (Å²) in [5.41, 5.74) is 0. The SMILES string of the molecule is O=C(O)CSc1nnc(NCCc2ccco2)s1. The van der Waals surface area contributed by atoms with Gasteiger partial charge in [-0.1, -0.05) is 23.1 Å². The fraction of sp³-hybridized carbons (Fsp3) is 0.300. The van der Waals surface area contributed by atoms with E-state index in [1.165, 1.54) is 23.1 Å². The molecule has 0 aromatic carbocycles. The summed E-state index contributed by atoms with van der Waals surface area (Å²) in [5.74, 6) is 0.0520. The van der Waals surface area contributed by atoms with Crippen LogP contribution in [-0.4, -0.2) is 33.6 Å². The van der Waals surface area contributed by atoms with Crippen LogP contribution in [0.2, 0.25) is 0 Å². The summed E-state index contributed by atoms with van der Waals surface area (Å²) in [6, 6.07) is 3.76. The molecule has 0 bridgehead atoms. The summed E-state index contributed by atoms with van der Waals surface area (Å²) in [4.78, 5) is 10.4. The van der Waals surface area contributed by atoms with E-state index in [1.807, 2.05) is 12.1 Å². The molecule has 2 aromatic heterocycles. The van der Waals surface area contributed by atoms with Gasteiger partial charge in [-0.25, -0.2) is 0 Å². The Morgan fingerprint density at radius 2 is 2.44 bits per heavy atom. The Morgan fingerprint density at radius 3 is 3.17 bits per heavy atom. The summed E-state index contributed by atoms with van der Waals surface area (Å²) in [6.45, 7) is 0.700. The van der Waals surface area contributed by atoms with Gasteiger partial charge in [0.2, 0.25) is 5.13 Å². The number of anilines is 1. The number of hydrogen-bond acceptors (Lipinski definition) is 7. The van der Waals surface area contributed by atoms with Crippen LogP contribution < -0.4 is 5.32 Å². The maximum Gasteiger partial charge on any atom is 0.313 e. The van der Waals surface area contributed by atoms with Gasteiger partial charge in [0.25, 0.3) is 0 Å². The highest BCUT2D eigenvalue weighted by Gasteiger charge is 2.06. The molecule has 2 N–H and O–H groups in total. The number of thioether (sulfide) groups is 1. The van der Waals surface area contributed by atoms with Crippen molar-refractivity contribution in [2.75, 3.05) is 17.6 Å². The highest BCUT2D eigenvalue weighted by Crippen LogP contribution is 2.25. The maximum atomic E-state index is 10.4. The molecule has 0 saturated heterocycles. The molecule has 0 saturated carbocycles. The number of aromatic nitrogens is 2. The Labute approximate surface area is 111 Å². The first-order chi connectivity index (χ1) is 8.74. The fourth-order valence-electron chi connectivity index (χ4n) is 1.21. The molecule has 8 heteroatoms. The van der Waals surface area contributed by atoms with Crippen molar-refractivity contribution in [3.63, 3.8) is 0 Å². The Balaban J connectivity index is 1.74. The van der Waals surface area contributed by atoms with Crippen molar-refractivity contribution in [3.8, 4) is 0 Å². The quantitative estimate of drug-likeness (QED) is 0.752. The van der Waals surface area contributed by atoms with Crippen molar-refractivity contribution in [1.82, 2.24) is 10.2 Å². The number of rotatable bonds is 7. The molecule has 0 unspecified atom stereocenters. The van der Waals surface area contributed by atoms with E-state index >= 15 is 0 Å². The molecule has 0 atom stereocenters. The Bertz CT molecular complexity index is 498. The smallest absolute Gasteiger partial charge is 0.313 e. The first kappa shape index (κ1) is 12.9. The van der Waals surface area contributed by atoms with Crippen LogP contribution in [-0.2, 0) is 11.2 Å². The summed E-state index contributed by atoms with van der Waals surface area (Å²) in [6.07, 6.45) is 2.41. The lowest BCUT2D eigenvalue weighted by Gasteiger charge is -1.98. The highest BCUT2D eigenvalue weighted by molar-refractivity contribution is 8.01. The molecule has 96 valence electrons. The molecule has 2 rings (SSSR count). The number of carboxylic acids is 1. The number of nitrogens with zero attached hydrogens (tertiary/aromatic N) is 2. The molecule has 0 aliphatic rings. The fourth-order valence-corrected chi connectivity index (χ4v) is 2.71. The molecule has 18 heavy (non-hydrogen) atoms. The predicted octanol–water partition coefficient (Wildman–Crippen LogP) is 1.96. The Kier molecular flexibility index (Phi) is 4.59. The van der Waals surface area contributed by atoms with E-state index in [0.717, 1.165) is 12.2 Å². The van der Waals surface area contributed by atoms with Crippen LogP contribution in [0.1, 0.15) is 5.76 Å². The molecular formula is C10H11N3O3S2. The molecule has 2 aromatic rings. The standard InChI is InChI=1S/C10H11N3O3S2/c14-8(15)6-17-10-13-12-9(18-10)11-4-3-7-2-1-5-16-7/h1-2,5H,3-4,6H2,(H,11,12)(H,14,15). The predicted molar refractivity (Wildman–Crippen MR) is 69.2 cm³/mol. The van der Waals surface area contributed by atoms with Gasteiger partial charge in [-0.15, -0.1) is 10.2 Å². The van der Waals surface area contributed by atoms with Crippen molar-refractivity contribution >= 4 is 34.2 Å². The Hall–Kier alpha value is -1.54. The zero-order valence-corrected chi connectivity index (χ0v) is 11.0. The third-order valence-corrected chi connectivity index (χ3v) is 3.95. The van der Waals surface area contributed by atoms with E-state index in [0.29, 0.717) is 16.0 Å². The maximum absolute atomic E-state index is 10.4. The lowest BCUT2D eigenvalue weighted by Crippen LogP contribution is -2.03. The highest BCUT2D eigenvalue weighted by atomic mass is 32.2. The molecule has 0 spiro atoms. The van der Waals surface area contributed by atoms with Gasteiger partial charge in [-0.3, -0.25) is 4.79 Å². The lowest BCUT2D eigenvalue weighted by molar-refractivity contribution is -0.133. The van der Waals surface area contributed by atoms with Crippen molar-refractivity contribution in [2.24, 2.45) is 0 Å². The molecule has 0 amide bonds.